The minimum atomic E-state index is -3.47. The number of aliphatic hydroxyl groups is 1. The van der Waals surface area contributed by atoms with E-state index in [0.29, 0.717) is 10.0 Å². The molecule has 1 aliphatic carbocycles. The fourth-order valence-electron chi connectivity index (χ4n) is 2.27. The Morgan fingerprint density at radius 3 is 2.53 bits per heavy atom. The van der Waals surface area contributed by atoms with E-state index >= 15 is 0 Å². The molecule has 3 atom stereocenters. The van der Waals surface area contributed by atoms with Crippen LogP contribution in [0.15, 0.2) is 21.5 Å². The van der Waals surface area contributed by atoms with Crippen LogP contribution in [0, 0.1) is 0 Å². The molecular weight excluding hydrogens is 310 g/mol. The lowest BCUT2D eigenvalue weighted by Crippen LogP contribution is -2.13. The third-order valence-electron chi connectivity index (χ3n) is 3.12. The third-order valence-corrected chi connectivity index (χ3v) is 4.97. The predicted octanol–water partition coefficient (Wildman–Crippen LogP) is 0.912. The Labute approximate surface area is 108 Å². The molecule has 0 radical (unpaired) electrons. The minimum Gasteiger partial charge on any atom is -0.385 e. The van der Waals surface area contributed by atoms with Crippen LogP contribution in [0.4, 0.5) is 4.39 Å². The largest absolute Gasteiger partial charge is 0.385 e. The molecule has 0 spiro atoms. The number of rotatable bonds is 1. The molecule has 0 saturated carbocycles. The Hall–Kier alpha value is -0.395. The number of aliphatic hydroxyl groups excluding tert-OH is 1. The molecule has 0 aromatic heterocycles. The molecule has 1 aromatic carbocycles. The summed E-state index contributed by atoms with van der Waals surface area (Å²) in [6.07, 6.45) is -1.79. The highest BCUT2D eigenvalue weighted by molar-refractivity contribution is 9.10. The summed E-state index contributed by atoms with van der Waals surface area (Å²) in [5.74, 6) is -0.518. The first-order chi connectivity index (χ1) is 7.75. The highest BCUT2D eigenvalue weighted by Crippen LogP contribution is 2.46. The van der Waals surface area contributed by atoms with E-state index in [9.17, 15) is 17.9 Å². The molecule has 1 aromatic rings. The normalized spacial score (nSPS) is 28.1. The monoisotopic (exact) mass is 320 g/mol. The fourth-order valence-corrected chi connectivity index (χ4v) is 3.93. The van der Waals surface area contributed by atoms with Gasteiger partial charge in [-0.3, -0.25) is 0 Å². The quantitative estimate of drug-likeness (QED) is 0.783. The SMILES string of the molecule is B[C@H]1c2c(Br)ccc(S(C)(=O)=O)c2[C@H](O)[C@@H]1F. The molecule has 92 valence electrons. The van der Waals surface area contributed by atoms with Crippen LogP contribution < -0.4 is 0 Å². The highest BCUT2D eigenvalue weighted by atomic mass is 79.9. The zero-order chi connectivity index (χ0) is 13.0. The van der Waals surface area contributed by atoms with E-state index in [2.05, 4.69) is 15.9 Å². The van der Waals surface area contributed by atoms with Crippen molar-refractivity contribution in [2.24, 2.45) is 0 Å². The number of fused-ring (bicyclic) bond motifs is 1. The number of hydrogen-bond acceptors (Lipinski definition) is 3. The van der Waals surface area contributed by atoms with Gasteiger partial charge in [-0.1, -0.05) is 15.9 Å². The summed E-state index contributed by atoms with van der Waals surface area (Å²) >= 11 is 3.27. The van der Waals surface area contributed by atoms with Gasteiger partial charge in [0, 0.05) is 16.3 Å². The zero-order valence-electron chi connectivity index (χ0n) is 9.31. The van der Waals surface area contributed by atoms with Crippen LogP contribution in [-0.4, -0.2) is 33.8 Å². The highest BCUT2D eigenvalue weighted by Gasteiger charge is 2.41. The molecule has 0 fully saturated rings. The van der Waals surface area contributed by atoms with Gasteiger partial charge in [0.15, 0.2) is 9.84 Å². The van der Waals surface area contributed by atoms with Crippen LogP contribution in [0.25, 0.3) is 0 Å². The standard InChI is InChI=1S/C10H11BBrFO3S/c1-17(15,16)5-3-2-4(12)6-7(5)10(14)9(13)8(6)11/h2-3,8-10,14H,11H2,1H3/t8-,9+,10-/m0/s1. The van der Waals surface area contributed by atoms with Gasteiger partial charge in [-0.15, -0.1) is 0 Å². The van der Waals surface area contributed by atoms with Crippen molar-refractivity contribution in [2.75, 3.05) is 6.26 Å². The Morgan fingerprint density at radius 2 is 2.00 bits per heavy atom. The molecule has 0 unspecified atom stereocenters. The van der Waals surface area contributed by atoms with Crippen molar-refractivity contribution in [2.45, 2.75) is 23.0 Å². The molecular formula is C10H11BBrFO3S. The van der Waals surface area contributed by atoms with Gasteiger partial charge in [-0.05, 0) is 23.5 Å². The summed E-state index contributed by atoms with van der Waals surface area (Å²) in [6.45, 7) is 0. The van der Waals surface area contributed by atoms with E-state index in [-0.39, 0.29) is 10.5 Å². The van der Waals surface area contributed by atoms with Crippen LogP contribution in [-0.2, 0) is 9.84 Å². The number of hydrogen-bond donors (Lipinski definition) is 1. The van der Waals surface area contributed by atoms with Gasteiger partial charge in [0.25, 0.3) is 0 Å². The van der Waals surface area contributed by atoms with Crippen molar-refractivity contribution in [3.8, 4) is 0 Å². The van der Waals surface area contributed by atoms with Gasteiger partial charge in [0.2, 0.25) is 0 Å². The molecule has 3 nitrogen and oxygen atoms in total. The average molecular weight is 321 g/mol. The van der Waals surface area contributed by atoms with Gasteiger partial charge < -0.3 is 5.11 Å². The second-order valence-electron chi connectivity index (χ2n) is 4.32. The first-order valence-electron chi connectivity index (χ1n) is 5.09. The maximum Gasteiger partial charge on any atom is 0.175 e. The van der Waals surface area contributed by atoms with Crippen LogP contribution in [0.5, 0.6) is 0 Å². The van der Waals surface area contributed by atoms with E-state index < -0.39 is 27.9 Å². The number of benzene rings is 1. The number of alkyl halides is 1. The molecule has 2 rings (SSSR count). The second-order valence-corrected chi connectivity index (χ2v) is 7.16. The van der Waals surface area contributed by atoms with Crippen molar-refractivity contribution in [1.82, 2.24) is 0 Å². The Bertz CT molecular complexity index is 575. The molecule has 0 aliphatic heterocycles. The summed E-state index contributed by atoms with van der Waals surface area (Å²) in [5, 5.41) is 9.83. The van der Waals surface area contributed by atoms with Gasteiger partial charge in [-0.2, -0.15) is 0 Å². The second kappa shape index (κ2) is 4.07. The first-order valence-corrected chi connectivity index (χ1v) is 7.78. The zero-order valence-corrected chi connectivity index (χ0v) is 11.7. The summed E-state index contributed by atoms with van der Waals surface area (Å²) in [7, 11) is -1.84. The summed E-state index contributed by atoms with van der Waals surface area (Å²) in [5.41, 5.74) is 0.745. The molecule has 0 bridgehead atoms. The third kappa shape index (κ3) is 1.94. The molecule has 0 saturated heterocycles. The van der Waals surface area contributed by atoms with Gasteiger partial charge in [-0.25, -0.2) is 12.8 Å². The van der Waals surface area contributed by atoms with E-state index in [1.54, 1.807) is 13.9 Å². The van der Waals surface area contributed by atoms with Crippen molar-refractivity contribution >= 4 is 33.6 Å². The lowest BCUT2D eigenvalue weighted by Gasteiger charge is -2.11. The van der Waals surface area contributed by atoms with Crippen LogP contribution >= 0.6 is 15.9 Å². The van der Waals surface area contributed by atoms with Crippen LogP contribution in [0.1, 0.15) is 23.0 Å². The van der Waals surface area contributed by atoms with Gasteiger partial charge >= 0.3 is 0 Å². The lowest BCUT2D eigenvalue weighted by molar-refractivity contribution is 0.0883. The Balaban J connectivity index is 2.80. The molecule has 7 heteroatoms. The Kier molecular flexibility index (Phi) is 3.12. The number of sulfone groups is 1. The van der Waals surface area contributed by atoms with Gasteiger partial charge in [0.1, 0.15) is 20.1 Å². The first kappa shape index (κ1) is 13.0. The summed E-state index contributed by atoms with van der Waals surface area (Å²) in [6, 6.07) is 2.97. The average Bonchev–Trinajstić information content (AvgIpc) is 2.43. The fraction of sp³-hybridized carbons (Fsp3) is 0.400. The topological polar surface area (TPSA) is 54.4 Å². The predicted molar refractivity (Wildman–Crippen MR) is 68.4 cm³/mol. The van der Waals surface area contributed by atoms with Crippen LogP contribution in [0.2, 0.25) is 0 Å². The lowest BCUT2D eigenvalue weighted by atomic mass is 9.81. The number of halogens is 2. The Morgan fingerprint density at radius 1 is 1.41 bits per heavy atom. The van der Waals surface area contributed by atoms with E-state index in [1.165, 1.54) is 6.07 Å². The van der Waals surface area contributed by atoms with Crippen LogP contribution in [0.3, 0.4) is 0 Å². The molecule has 0 heterocycles. The summed E-state index contributed by atoms with van der Waals surface area (Å²) < 4.78 is 37.6. The van der Waals surface area contributed by atoms with E-state index in [4.69, 9.17) is 0 Å². The van der Waals surface area contributed by atoms with E-state index in [0.717, 1.165) is 6.26 Å². The molecule has 1 N–H and O–H groups in total. The van der Waals surface area contributed by atoms with E-state index in [1.807, 2.05) is 0 Å². The van der Waals surface area contributed by atoms with Crippen molar-refractivity contribution < 1.29 is 17.9 Å². The smallest absolute Gasteiger partial charge is 0.175 e. The molecule has 0 amide bonds. The van der Waals surface area contributed by atoms with Crippen molar-refractivity contribution in [1.29, 1.82) is 0 Å². The summed E-state index contributed by atoms with van der Waals surface area (Å²) in [4.78, 5) is 0.00944. The van der Waals surface area contributed by atoms with Crippen molar-refractivity contribution in [3.63, 3.8) is 0 Å². The minimum absolute atomic E-state index is 0.00944. The van der Waals surface area contributed by atoms with Crippen molar-refractivity contribution in [3.05, 3.63) is 27.7 Å². The maximum atomic E-state index is 13.8. The van der Waals surface area contributed by atoms with Gasteiger partial charge in [0.05, 0.1) is 4.90 Å². The molecule has 1 aliphatic rings. The maximum absolute atomic E-state index is 13.8. The molecule has 17 heavy (non-hydrogen) atoms.